The SMILES string of the molecule is COc1ccc([C@H]2NC(=O)NC(c3ccccc3)=C2c2ccc3ccccc3n2)cc1. The molecule has 152 valence electrons. The quantitative estimate of drug-likeness (QED) is 0.491. The van der Waals surface area contributed by atoms with Crippen molar-refractivity contribution in [1.82, 2.24) is 15.6 Å². The van der Waals surface area contributed by atoms with Crippen LogP contribution in [0.2, 0.25) is 0 Å². The van der Waals surface area contributed by atoms with Gasteiger partial charge in [-0.15, -0.1) is 0 Å². The Bertz CT molecular complexity index is 1280. The summed E-state index contributed by atoms with van der Waals surface area (Å²) in [4.78, 5) is 17.6. The Morgan fingerprint density at radius 2 is 1.58 bits per heavy atom. The molecule has 2 heterocycles. The van der Waals surface area contributed by atoms with E-state index in [2.05, 4.69) is 16.7 Å². The van der Waals surface area contributed by atoms with Crippen LogP contribution in [0.15, 0.2) is 91.0 Å². The Kier molecular flexibility index (Phi) is 4.84. The van der Waals surface area contributed by atoms with Gasteiger partial charge in [0.15, 0.2) is 0 Å². The molecule has 0 fully saturated rings. The van der Waals surface area contributed by atoms with Gasteiger partial charge in [0, 0.05) is 11.0 Å². The van der Waals surface area contributed by atoms with Gasteiger partial charge in [-0.2, -0.15) is 0 Å². The van der Waals surface area contributed by atoms with Gasteiger partial charge in [-0.1, -0.05) is 66.7 Å². The molecule has 0 saturated carbocycles. The van der Waals surface area contributed by atoms with Crippen LogP contribution in [0.1, 0.15) is 22.9 Å². The van der Waals surface area contributed by atoms with Gasteiger partial charge in [0.25, 0.3) is 0 Å². The van der Waals surface area contributed by atoms with E-state index in [1.165, 1.54) is 0 Å². The fourth-order valence-electron chi connectivity index (χ4n) is 3.94. The van der Waals surface area contributed by atoms with E-state index in [-0.39, 0.29) is 12.1 Å². The van der Waals surface area contributed by atoms with Gasteiger partial charge in [0.05, 0.1) is 30.1 Å². The number of methoxy groups -OCH3 is 1. The van der Waals surface area contributed by atoms with Crippen LogP contribution in [-0.2, 0) is 0 Å². The molecule has 0 radical (unpaired) electrons. The van der Waals surface area contributed by atoms with Crippen LogP contribution in [0.4, 0.5) is 4.79 Å². The molecule has 5 heteroatoms. The van der Waals surface area contributed by atoms with Crippen molar-refractivity contribution in [2.75, 3.05) is 7.11 Å². The second-order valence-corrected chi connectivity index (χ2v) is 7.35. The summed E-state index contributed by atoms with van der Waals surface area (Å²) in [6.45, 7) is 0. The molecule has 31 heavy (non-hydrogen) atoms. The van der Waals surface area contributed by atoms with Gasteiger partial charge < -0.3 is 15.4 Å². The van der Waals surface area contributed by atoms with Crippen molar-refractivity contribution in [2.45, 2.75) is 6.04 Å². The number of nitrogens with one attached hydrogen (secondary N) is 2. The van der Waals surface area contributed by atoms with E-state index in [0.29, 0.717) is 0 Å². The molecule has 1 aliphatic heterocycles. The van der Waals surface area contributed by atoms with Gasteiger partial charge in [0.2, 0.25) is 0 Å². The summed E-state index contributed by atoms with van der Waals surface area (Å²) in [7, 11) is 1.64. The minimum atomic E-state index is -0.358. The Balaban J connectivity index is 1.74. The largest absolute Gasteiger partial charge is 0.497 e. The molecular formula is C26H21N3O2. The summed E-state index contributed by atoms with van der Waals surface area (Å²) in [5.74, 6) is 0.765. The predicted molar refractivity (Wildman–Crippen MR) is 122 cm³/mol. The number of aromatic nitrogens is 1. The second-order valence-electron chi connectivity index (χ2n) is 7.35. The highest BCUT2D eigenvalue weighted by molar-refractivity contribution is 6.03. The van der Waals surface area contributed by atoms with Crippen molar-refractivity contribution in [3.05, 3.63) is 108 Å². The third-order valence-corrected chi connectivity index (χ3v) is 5.46. The first-order valence-electron chi connectivity index (χ1n) is 10.1. The molecule has 1 aromatic heterocycles. The van der Waals surface area contributed by atoms with Gasteiger partial charge in [0.1, 0.15) is 5.75 Å². The Morgan fingerprint density at radius 3 is 2.35 bits per heavy atom. The van der Waals surface area contributed by atoms with E-state index in [4.69, 9.17) is 9.72 Å². The fraction of sp³-hybridized carbons (Fsp3) is 0.0769. The number of benzene rings is 3. The monoisotopic (exact) mass is 407 g/mol. The molecule has 0 spiro atoms. The van der Waals surface area contributed by atoms with Crippen molar-refractivity contribution in [3.8, 4) is 5.75 Å². The Morgan fingerprint density at radius 1 is 0.839 bits per heavy atom. The minimum absolute atomic E-state index is 0.246. The average Bonchev–Trinajstić information content (AvgIpc) is 2.84. The maximum Gasteiger partial charge on any atom is 0.320 e. The van der Waals surface area contributed by atoms with Gasteiger partial charge >= 0.3 is 6.03 Å². The molecular weight excluding hydrogens is 386 g/mol. The number of rotatable bonds is 4. The number of nitrogens with zero attached hydrogens (tertiary/aromatic N) is 1. The maximum atomic E-state index is 12.6. The van der Waals surface area contributed by atoms with Crippen molar-refractivity contribution in [3.63, 3.8) is 0 Å². The van der Waals surface area contributed by atoms with Crippen LogP contribution >= 0.6 is 0 Å². The topological polar surface area (TPSA) is 63.2 Å². The second kappa shape index (κ2) is 7.95. The van der Waals surface area contributed by atoms with Crippen LogP contribution in [-0.4, -0.2) is 18.1 Å². The molecule has 0 saturated heterocycles. The zero-order chi connectivity index (χ0) is 21.2. The lowest BCUT2D eigenvalue weighted by Crippen LogP contribution is -2.43. The number of amides is 2. The van der Waals surface area contributed by atoms with Crippen molar-refractivity contribution in [1.29, 1.82) is 0 Å². The summed E-state index contributed by atoms with van der Waals surface area (Å²) in [5.41, 5.74) is 5.28. The summed E-state index contributed by atoms with van der Waals surface area (Å²) in [5, 5.41) is 7.17. The van der Waals surface area contributed by atoms with Crippen molar-refractivity contribution >= 4 is 28.2 Å². The van der Waals surface area contributed by atoms with Crippen LogP contribution < -0.4 is 15.4 Å². The van der Waals surface area contributed by atoms with Gasteiger partial charge in [-0.3, -0.25) is 0 Å². The number of urea groups is 1. The molecule has 3 aromatic carbocycles. The lowest BCUT2D eigenvalue weighted by molar-refractivity contribution is 0.242. The molecule has 2 amide bonds. The van der Waals surface area contributed by atoms with Crippen LogP contribution in [0.5, 0.6) is 5.75 Å². The molecule has 2 N–H and O–H groups in total. The molecule has 1 atom stereocenters. The van der Waals surface area contributed by atoms with Crippen molar-refractivity contribution in [2.24, 2.45) is 0 Å². The average molecular weight is 407 g/mol. The molecule has 5 rings (SSSR count). The van der Waals surface area contributed by atoms with E-state index in [9.17, 15) is 4.79 Å². The number of fused-ring (bicyclic) bond motifs is 1. The first-order valence-corrected chi connectivity index (χ1v) is 10.1. The minimum Gasteiger partial charge on any atom is -0.497 e. The molecule has 0 aliphatic carbocycles. The van der Waals surface area contributed by atoms with Crippen LogP contribution in [0, 0.1) is 0 Å². The number of carbonyl (C=O) groups excluding carboxylic acids is 1. The highest BCUT2D eigenvalue weighted by atomic mass is 16.5. The molecule has 4 aromatic rings. The standard InChI is InChI=1S/C26H21N3O2/c1-31-20-14-11-19(12-15-20)25-23(22-16-13-17-7-5-6-10-21(17)27-22)24(28-26(30)29-25)18-8-3-2-4-9-18/h2-16,25H,1H3,(H2,28,29,30)/t25-/m1/s1. The predicted octanol–water partition coefficient (Wildman–Crippen LogP) is 5.17. The zero-order valence-electron chi connectivity index (χ0n) is 17.0. The molecule has 1 aliphatic rings. The van der Waals surface area contributed by atoms with E-state index >= 15 is 0 Å². The highest BCUT2D eigenvalue weighted by Gasteiger charge is 2.31. The maximum absolute atomic E-state index is 12.6. The summed E-state index contributed by atoms with van der Waals surface area (Å²) in [6, 6.07) is 29.1. The smallest absolute Gasteiger partial charge is 0.320 e. The number of hydrogen-bond donors (Lipinski definition) is 2. The number of pyridine rings is 1. The number of carbonyl (C=O) groups is 1. The van der Waals surface area contributed by atoms with Crippen molar-refractivity contribution < 1.29 is 9.53 Å². The number of hydrogen-bond acceptors (Lipinski definition) is 3. The summed E-state index contributed by atoms with van der Waals surface area (Å²) < 4.78 is 5.30. The Labute approximate surface area is 180 Å². The first kappa shape index (κ1) is 18.9. The Hall–Kier alpha value is -4.12. The summed E-state index contributed by atoms with van der Waals surface area (Å²) in [6.07, 6.45) is 0. The fourth-order valence-corrected chi connectivity index (χ4v) is 3.94. The molecule has 0 unspecified atom stereocenters. The number of ether oxygens (including phenoxy) is 1. The lowest BCUT2D eigenvalue weighted by Gasteiger charge is -2.31. The van der Waals surface area contributed by atoms with E-state index < -0.39 is 0 Å². The van der Waals surface area contributed by atoms with E-state index in [1.807, 2.05) is 84.9 Å². The normalized spacial score (nSPS) is 16.0. The van der Waals surface area contributed by atoms with Gasteiger partial charge in [-0.05, 0) is 35.4 Å². The number of para-hydroxylation sites is 1. The summed E-state index contributed by atoms with van der Waals surface area (Å²) >= 11 is 0. The van der Waals surface area contributed by atoms with E-state index in [1.54, 1.807) is 7.11 Å². The van der Waals surface area contributed by atoms with E-state index in [0.717, 1.165) is 44.7 Å². The highest BCUT2D eigenvalue weighted by Crippen LogP contribution is 2.38. The van der Waals surface area contributed by atoms with Crippen LogP contribution in [0.3, 0.4) is 0 Å². The van der Waals surface area contributed by atoms with Gasteiger partial charge in [-0.25, -0.2) is 9.78 Å². The lowest BCUT2D eigenvalue weighted by atomic mass is 9.90. The molecule has 5 nitrogen and oxygen atoms in total. The van der Waals surface area contributed by atoms with Crippen LogP contribution in [0.25, 0.3) is 22.2 Å². The zero-order valence-corrected chi connectivity index (χ0v) is 17.0. The third kappa shape index (κ3) is 3.62. The first-order chi connectivity index (χ1) is 15.2. The third-order valence-electron chi connectivity index (χ3n) is 5.46. The molecule has 0 bridgehead atoms.